The fourth-order valence-electron chi connectivity index (χ4n) is 1.67. The number of nitrogens with one attached hydrogen (secondary N) is 1. The predicted octanol–water partition coefficient (Wildman–Crippen LogP) is 0.689. The van der Waals surface area contributed by atoms with Crippen molar-refractivity contribution >= 4 is 16.0 Å². The summed E-state index contributed by atoms with van der Waals surface area (Å²) in [4.78, 5) is 10.7. The number of hydrogen-bond acceptors (Lipinski definition) is 5. The molecular formula is C13H19NO6S. The first-order valence-electron chi connectivity index (χ1n) is 6.27. The molecule has 1 aromatic carbocycles. The van der Waals surface area contributed by atoms with E-state index in [2.05, 4.69) is 4.72 Å². The van der Waals surface area contributed by atoms with Crippen molar-refractivity contribution in [1.29, 1.82) is 0 Å². The summed E-state index contributed by atoms with van der Waals surface area (Å²) < 4.78 is 32.0. The van der Waals surface area contributed by atoms with Crippen molar-refractivity contribution in [3.05, 3.63) is 23.8 Å². The first-order chi connectivity index (χ1) is 9.72. The molecule has 0 radical (unpaired) electrons. The average Bonchev–Trinajstić information content (AvgIpc) is 2.43. The van der Waals surface area contributed by atoms with E-state index in [0.717, 1.165) is 6.07 Å². The van der Waals surface area contributed by atoms with E-state index in [1.165, 1.54) is 19.2 Å². The highest BCUT2D eigenvalue weighted by Crippen LogP contribution is 2.25. The smallest absolute Gasteiger partial charge is 0.335 e. The minimum absolute atomic E-state index is 0.0668. The molecule has 1 rings (SSSR count). The molecule has 118 valence electrons. The Bertz CT molecular complexity index is 611. The number of carboxylic acids is 1. The van der Waals surface area contributed by atoms with Gasteiger partial charge < -0.3 is 14.9 Å². The third-order valence-electron chi connectivity index (χ3n) is 3.01. The van der Waals surface area contributed by atoms with E-state index in [4.69, 9.17) is 9.84 Å². The number of aromatic carboxylic acids is 1. The van der Waals surface area contributed by atoms with Gasteiger partial charge >= 0.3 is 5.97 Å². The summed E-state index contributed by atoms with van der Waals surface area (Å²) in [6.45, 7) is 3.20. The summed E-state index contributed by atoms with van der Waals surface area (Å²) in [7, 11) is -2.67. The Morgan fingerprint density at radius 2 is 2.00 bits per heavy atom. The van der Waals surface area contributed by atoms with Crippen LogP contribution in [0.15, 0.2) is 23.1 Å². The Morgan fingerprint density at radius 1 is 1.38 bits per heavy atom. The van der Waals surface area contributed by atoms with Crippen LogP contribution in [-0.4, -0.2) is 44.4 Å². The van der Waals surface area contributed by atoms with E-state index in [1.807, 2.05) is 0 Å². The number of aliphatic hydroxyl groups is 1. The van der Waals surface area contributed by atoms with Gasteiger partial charge in [-0.2, -0.15) is 0 Å². The van der Waals surface area contributed by atoms with Crippen LogP contribution in [0.3, 0.4) is 0 Å². The van der Waals surface area contributed by atoms with Crippen molar-refractivity contribution in [2.75, 3.05) is 13.7 Å². The Hall–Kier alpha value is -1.64. The third kappa shape index (κ3) is 4.16. The molecule has 0 aromatic heterocycles. The van der Waals surface area contributed by atoms with E-state index >= 15 is 0 Å². The Kier molecular flexibility index (Phi) is 5.70. The zero-order valence-corrected chi connectivity index (χ0v) is 12.8. The minimum atomic E-state index is -3.93. The molecule has 8 heteroatoms. The quantitative estimate of drug-likeness (QED) is 0.682. The highest BCUT2D eigenvalue weighted by Gasteiger charge is 2.25. The second-order valence-electron chi connectivity index (χ2n) is 4.83. The SMILES string of the molecule is COc1cc(C(=O)O)ccc1S(=O)(=O)NC(CO)C(C)C. The largest absolute Gasteiger partial charge is 0.495 e. The standard InChI is InChI=1S/C13H19NO6S/c1-8(2)10(7-15)14-21(18,19)12-5-4-9(13(16)17)6-11(12)20-3/h4-6,8,10,14-15H,7H2,1-3H3,(H,16,17). The molecule has 0 saturated heterocycles. The molecule has 0 aliphatic heterocycles. The molecule has 0 saturated carbocycles. The average molecular weight is 317 g/mol. The van der Waals surface area contributed by atoms with Crippen LogP contribution in [0.25, 0.3) is 0 Å². The number of methoxy groups -OCH3 is 1. The van der Waals surface area contributed by atoms with Crippen molar-refractivity contribution in [3.63, 3.8) is 0 Å². The topological polar surface area (TPSA) is 113 Å². The van der Waals surface area contributed by atoms with Gasteiger partial charge in [0.1, 0.15) is 10.6 Å². The lowest BCUT2D eigenvalue weighted by Gasteiger charge is -2.20. The molecule has 21 heavy (non-hydrogen) atoms. The summed E-state index contributed by atoms with van der Waals surface area (Å²) >= 11 is 0. The second-order valence-corrected chi connectivity index (χ2v) is 6.51. The predicted molar refractivity (Wildman–Crippen MR) is 76.0 cm³/mol. The Labute approximate surface area is 123 Å². The maximum Gasteiger partial charge on any atom is 0.335 e. The lowest BCUT2D eigenvalue weighted by Crippen LogP contribution is -2.41. The minimum Gasteiger partial charge on any atom is -0.495 e. The summed E-state index contributed by atoms with van der Waals surface area (Å²) in [5.74, 6) is -1.35. The molecule has 0 aliphatic rings. The maximum atomic E-state index is 12.3. The van der Waals surface area contributed by atoms with Crippen molar-refractivity contribution in [2.45, 2.75) is 24.8 Å². The monoisotopic (exact) mass is 317 g/mol. The highest BCUT2D eigenvalue weighted by atomic mass is 32.2. The molecule has 0 heterocycles. The maximum absolute atomic E-state index is 12.3. The van der Waals surface area contributed by atoms with Crippen molar-refractivity contribution in [3.8, 4) is 5.75 Å². The molecule has 1 atom stereocenters. The van der Waals surface area contributed by atoms with E-state index in [-0.39, 0.29) is 28.7 Å². The van der Waals surface area contributed by atoms with E-state index in [1.54, 1.807) is 13.8 Å². The summed E-state index contributed by atoms with van der Waals surface area (Å²) in [6, 6.07) is 2.85. The number of benzene rings is 1. The second kappa shape index (κ2) is 6.88. The molecule has 0 fully saturated rings. The van der Waals surface area contributed by atoms with Gasteiger partial charge in [0.2, 0.25) is 10.0 Å². The van der Waals surface area contributed by atoms with Crippen LogP contribution in [0.5, 0.6) is 5.75 Å². The van der Waals surface area contributed by atoms with Gasteiger partial charge in [0, 0.05) is 6.04 Å². The molecule has 1 aromatic rings. The molecule has 7 nitrogen and oxygen atoms in total. The van der Waals surface area contributed by atoms with Crippen LogP contribution >= 0.6 is 0 Å². The zero-order valence-electron chi connectivity index (χ0n) is 12.0. The first-order valence-corrected chi connectivity index (χ1v) is 7.75. The van der Waals surface area contributed by atoms with Gasteiger partial charge in [0.15, 0.2) is 0 Å². The number of sulfonamides is 1. The molecule has 0 bridgehead atoms. The normalized spacial score (nSPS) is 13.2. The van der Waals surface area contributed by atoms with E-state index in [0.29, 0.717) is 0 Å². The molecule has 0 amide bonds. The summed E-state index contributed by atoms with van der Waals surface area (Å²) in [5.41, 5.74) is -0.0756. The van der Waals surface area contributed by atoms with Gasteiger partial charge in [-0.3, -0.25) is 0 Å². The number of carboxylic acid groups (broad SMARTS) is 1. The fraction of sp³-hybridized carbons (Fsp3) is 0.462. The van der Waals surface area contributed by atoms with Crippen LogP contribution < -0.4 is 9.46 Å². The van der Waals surface area contributed by atoms with E-state index < -0.39 is 22.0 Å². The molecule has 0 aliphatic carbocycles. The third-order valence-corrected chi connectivity index (χ3v) is 4.54. The number of hydrogen-bond donors (Lipinski definition) is 3. The van der Waals surface area contributed by atoms with Gasteiger partial charge in [0.25, 0.3) is 0 Å². The lowest BCUT2D eigenvalue weighted by molar-refractivity contribution is 0.0696. The number of rotatable bonds is 7. The van der Waals surface area contributed by atoms with Crippen molar-refractivity contribution in [2.24, 2.45) is 5.92 Å². The first kappa shape index (κ1) is 17.4. The van der Waals surface area contributed by atoms with Crippen LogP contribution in [0.2, 0.25) is 0 Å². The van der Waals surface area contributed by atoms with Gasteiger partial charge in [-0.05, 0) is 24.1 Å². The Morgan fingerprint density at radius 3 is 2.43 bits per heavy atom. The van der Waals surface area contributed by atoms with Crippen molar-refractivity contribution in [1.82, 2.24) is 4.72 Å². The zero-order chi connectivity index (χ0) is 16.2. The fourth-order valence-corrected chi connectivity index (χ4v) is 3.20. The van der Waals surface area contributed by atoms with Crippen LogP contribution in [0, 0.1) is 5.92 Å². The lowest BCUT2D eigenvalue weighted by atomic mass is 10.1. The van der Waals surface area contributed by atoms with Crippen molar-refractivity contribution < 1.29 is 28.2 Å². The number of ether oxygens (including phenoxy) is 1. The highest BCUT2D eigenvalue weighted by molar-refractivity contribution is 7.89. The summed E-state index contributed by atoms with van der Waals surface area (Å²) in [5, 5.41) is 18.1. The van der Waals surface area contributed by atoms with Crippen LogP contribution in [-0.2, 0) is 10.0 Å². The molecule has 1 unspecified atom stereocenters. The molecular weight excluding hydrogens is 298 g/mol. The van der Waals surface area contributed by atoms with Crippen LogP contribution in [0.1, 0.15) is 24.2 Å². The van der Waals surface area contributed by atoms with Gasteiger partial charge in [-0.1, -0.05) is 13.8 Å². The Balaban J connectivity index is 3.22. The van der Waals surface area contributed by atoms with E-state index in [9.17, 15) is 18.3 Å². The molecule has 3 N–H and O–H groups in total. The van der Waals surface area contributed by atoms with Gasteiger partial charge in [0.05, 0.1) is 19.3 Å². The van der Waals surface area contributed by atoms with Gasteiger partial charge in [-0.25, -0.2) is 17.9 Å². The van der Waals surface area contributed by atoms with Gasteiger partial charge in [-0.15, -0.1) is 0 Å². The van der Waals surface area contributed by atoms with Crippen LogP contribution in [0.4, 0.5) is 0 Å². The number of carbonyl (C=O) groups is 1. The molecule has 0 spiro atoms. The number of aliphatic hydroxyl groups excluding tert-OH is 1. The summed E-state index contributed by atoms with van der Waals surface area (Å²) in [6.07, 6.45) is 0.